The fourth-order valence-corrected chi connectivity index (χ4v) is 3.12. The lowest BCUT2D eigenvalue weighted by Crippen LogP contribution is -2.42. The Morgan fingerprint density at radius 2 is 2.05 bits per heavy atom. The quantitative estimate of drug-likeness (QED) is 0.858. The predicted octanol–water partition coefficient (Wildman–Crippen LogP) is 3.60. The normalized spacial score (nSPS) is 19.8. The van der Waals surface area contributed by atoms with E-state index in [2.05, 4.69) is 43.4 Å². The molecule has 0 aliphatic carbocycles. The van der Waals surface area contributed by atoms with Crippen LogP contribution >= 0.6 is 0 Å². The summed E-state index contributed by atoms with van der Waals surface area (Å²) < 4.78 is 0. The molecule has 0 saturated carbocycles. The molecule has 1 heterocycles. The van der Waals surface area contributed by atoms with Gasteiger partial charge in [0, 0.05) is 11.8 Å². The zero-order chi connectivity index (χ0) is 14.4. The lowest BCUT2D eigenvalue weighted by atomic mass is 9.71. The minimum Gasteiger partial charge on any atom is -0.316 e. The fourth-order valence-electron chi connectivity index (χ4n) is 3.12. The van der Waals surface area contributed by atoms with E-state index >= 15 is 0 Å². The number of Topliss-reactive ketones (excluding diaryl/α,β-unsaturated/α-hetero) is 1. The molecule has 1 N–H and O–H groups in total. The largest absolute Gasteiger partial charge is 0.316 e. The molecule has 1 atom stereocenters. The second-order valence-corrected chi connectivity index (χ2v) is 6.53. The maximum absolute atomic E-state index is 12.5. The van der Waals surface area contributed by atoms with Gasteiger partial charge in [0.05, 0.1) is 0 Å². The average Bonchev–Trinajstić information content (AvgIpc) is 2.49. The molecule has 0 aromatic heterocycles. The minimum absolute atomic E-state index is 0.176. The smallest absolute Gasteiger partial charge is 0.138 e. The Morgan fingerprint density at radius 3 is 2.70 bits per heavy atom. The van der Waals surface area contributed by atoms with E-state index in [1.807, 2.05) is 6.07 Å². The highest BCUT2D eigenvalue weighted by molar-refractivity contribution is 5.84. The number of piperidine rings is 1. The van der Waals surface area contributed by atoms with Gasteiger partial charge in [0.15, 0.2) is 0 Å². The van der Waals surface area contributed by atoms with Crippen molar-refractivity contribution in [1.82, 2.24) is 5.32 Å². The molecule has 2 rings (SSSR count). The molecule has 1 saturated heterocycles. The van der Waals surface area contributed by atoms with Crippen molar-refractivity contribution in [2.75, 3.05) is 13.1 Å². The Bertz CT molecular complexity index is 418. The van der Waals surface area contributed by atoms with Crippen molar-refractivity contribution >= 4 is 5.78 Å². The minimum atomic E-state index is -0.176. The van der Waals surface area contributed by atoms with Crippen LogP contribution in [0.25, 0.3) is 0 Å². The highest BCUT2D eigenvalue weighted by Gasteiger charge is 2.36. The van der Waals surface area contributed by atoms with Gasteiger partial charge in [0.1, 0.15) is 5.78 Å². The van der Waals surface area contributed by atoms with Crippen LogP contribution in [0.1, 0.15) is 45.1 Å². The molecular weight excluding hydrogens is 246 g/mol. The molecule has 0 radical (unpaired) electrons. The summed E-state index contributed by atoms with van der Waals surface area (Å²) >= 11 is 0. The summed E-state index contributed by atoms with van der Waals surface area (Å²) in [7, 11) is 0. The third kappa shape index (κ3) is 3.92. The third-order valence-corrected chi connectivity index (χ3v) is 4.75. The number of rotatable bonds is 6. The molecule has 1 aromatic carbocycles. The molecule has 1 aliphatic heterocycles. The second kappa shape index (κ2) is 7.03. The SMILES string of the molecule is CC(C)(C(=O)CCCc1ccccc1)C1CCCNC1. The number of aryl methyl sites for hydroxylation is 1. The maximum Gasteiger partial charge on any atom is 0.138 e. The van der Waals surface area contributed by atoms with Crippen molar-refractivity contribution in [3.8, 4) is 0 Å². The summed E-state index contributed by atoms with van der Waals surface area (Å²) in [6.07, 6.45) is 5.06. The lowest BCUT2D eigenvalue weighted by molar-refractivity contribution is -0.130. The zero-order valence-electron chi connectivity index (χ0n) is 12.8. The molecule has 0 amide bonds. The van der Waals surface area contributed by atoms with Crippen LogP contribution in [0.15, 0.2) is 30.3 Å². The Morgan fingerprint density at radius 1 is 1.30 bits per heavy atom. The topological polar surface area (TPSA) is 29.1 Å². The molecule has 0 bridgehead atoms. The number of hydrogen-bond donors (Lipinski definition) is 1. The molecule has 20 heavy (non-hydrogen) atoms. The summed E-state index contributed by atoms with van der Waals surface area (Å²) in [5, 5.41) is 3.43. The molecule has 1 aromatic rings. The van der Waals surface area contributed by atoms with Gasteiger partial charge in [-0.1, -0.05) is 44.2 Å². The van der Waals surface area contributed by atoms with Crippen LogP contribution in [0.2, 0.25) is 0 Å². The van der Waals surface area contributed by atoms with Crippen LogP contribution in [0, 0.1) is 11.3 Å². The highest BCUT2D eigenvalue weighted by atomic mass is 16.1. The standard InChI is InChI=1S/C18H27NO/c1-18(2,16-11-7-13-19-14-16)17(20)12-6-10-15-8-4-3-5-9-15/h3-5,8-9,16,19H,6-7,10-14H2,1-2H3. The number of nitrogens with one attached hydrogen (secondary N) is 1. The molecule has 1 fully saturated rings. The van der Waals surface area contributed by atoms with Gasteiger partial charge in [0.2, 0.25) is 0 Å². The van der Waals surface area contributed by atoms with Crippen molar-refractivity contribution in [1.29, 1.82) is 0 Å². The Kier molecular flexibility index (Phi) is 5.36. The van der Waals surface area contributed by atoms with Gasteiger partial charge >= 0.3 is 0 Å². The summed E-state index contributed by atoms with van der Waals surface area (Å²) in [5.41, 5.74) is 1.15. The average molecular weight is 273 g/mol. The second-order valence-electron chi connectivity index (χ2n) is 6.53. The molecule has 110 valence electrons. The van der Waals surface area contributed by atoms with E-state index in [9.17, 15) is 4.79 Å². The molecule has 2 nitrogen and oxygen atoms in total. The van der Waals surface area contributed by atoms with Crippen LogP contribution in [-0.2, 0) is 11.2 Å². The van der Waals surface area contributed by atoms with Crippen molar-refractivity contribution in [2.45, 2.75) is 46.0 Å². The monoisotopic (exact) mass is 273 g/mol. The van der Waals surface area contributed by atoms with E-state index < -0.39 is 0 Å². The van der Waals surface area contributed by atoms with Crippen LogP contribution < -0.4 is 5.32 Å². The van der Waals surface area contributed by atoms with Gasteiger partial charge in [0.25, 0.3) is 0 Å². The van der Waals surface area contributed by atoms with E-state index in [0.717, 1.165) is 25.9 Å². The van der Waals surface area contributed by atoms with Crippen molar-refractivity contribution in [3.63, 3.8) is 0 Å². The van der Waals surface area contributed by atoms with Crippen LogP contribution in [0.3, 0.4) is 0 Å². The van der Waals surface area contributed by atoms with Gasteiger partial charge < -0.3 is 5.32 Å². The number of hydrogen-bond acceptors (Lipinski definition) is 2. The van der Waals surface area contributed by atoms with Gasteiger partial charge in [-0.05, 0) is 50.3 Å². The van der Waals surface area contributed by atoms with Gasteiger partial charge in [-0.2, -0.15) is 0 Å². The number of carbonyl (C=O) groups excluding carboxylic acids is 1. The summed E-state index contributed by atoms with van der Waals surface area (Å²) in [4.78, 5) is 12.5. The summed E-state index contributed by atoms with van der Waals surface area (Å²) in [6, 6.07) is 10.4. The van der Waals surface area contributed by atoms with Crippen LogP contribution in [0.5, 0.6) is 0 Å². The molecule has 1 aliphatic rings. The molecule has 2 heteroatoms. The number of carbonyl (C=O) groups is 1. The van der Waals surface area contributed by atoms with Gasteiger partial charge in [-0.15, -0.1) is 0 Å². The predicted molar refractivity (Wildman–Crippen MR) is 83.8 cm³/mol. The first-order valence-electron chi connectivity index (χ1n) is 7.88. The van der Waals surface area contributed by atoms with Crippen molar-refractivity contribution in [3.05, 3.63) is 35.9 Å². The first-order chi connectivity index (χ1) is 9.60. The first kappa shape index (κ1) is 15.2. The lowest BCUT2D eigenvalue weighted by Gasteiger charge is -2.36. The van der Waals surface area contributed by atoms with E-state index in [0.29, 0.717) is 18.1 Å². The molecule has 0 spiro atoms. The number of benzene rings is 1. The van der Waals surface area contributed by atoms with Crippen LogP contribution in [-0.4, -0.2) is 18.9 Å². The van der Waals surface area contributed by atoms with Crippen molar-refractivity contribution < 1.29 is 4.79 Å². The van der Waals surface area contributed by atoms with E-state index in [4.69, 9.17) is 0 Å². The fraction of sp³-hybridized carbons (Fsp3) is 0.611. The Labute approximate surface area is 123 Å². The Balaban J connectivity index is 1.81. The zero-order valence-corrected chi connectivity index (χ0v) is 12.8. The molecular formula is C18H27NO. The van der Waals surface area contributed by atoms with Gasteiger partial charge in [-0.25, -0.2) is 0 Å². The Hall–Kier alpha value is -1.15. The first-order valence-corrected chi connectivity index (χ1v) is 7.88. The summed E-state index contributed by atoms with van der Waals surface area (Å²) in [5.74, 6) is 0.933. The summed E-state index contributed by atoms with van der Waals surface area (Å²) in [6.45, 7) is 6.37. The third-order valence-electron chi connectivity index (χ3n) is 4.75. The number of ketones is 1. The maximum atomic E-state index is 12.5. The van der Waals surface area contributed by atoms with Gasteiger partial charge in [-0.3, -0.25) is 4.79 Å². The van der Waals surface area contributed by atoms with E-state index in [1.54, 1.807) is 0 Å². The van der Waals surface area contributed by atoms with Crippen LogP contribution in [0.4, 0.5) is 0 Å². The highest BCUT2D eigenvalue weighted by Crippen LogP contribution is 2.34. The van der Waals surface area contributed by atoms with Crippen molar-refractivity contribution in [2.24, 2.45) is 11.3 Å². The van der Waals surface area contributed by atoms with E-state index in [-0.39, 0.29) is 5.41 Å². The van der Waals surface area contributed by atoms with E-state index in [1.165, 1.54) is 18.4 Å². The molecule has 1 unspecified atom stereocenters.